The van der Waals surface area contributed by atoms with Gasteiger partial charge in [-0.15, -0.1) is 0 Å². The van der Waals surface area contributed by atoms with Crippen LogP contribution in [-0.4, -0.2) is 20.9 Å². The van der Waals surface area contributed by atoms with Crippen LogP contribution in [0, 0.1) is 0 Å². The van der Waals surface area contributed by atoms with E-state index in [1.807, 2.05) is 42.5 Å². The van der Waals surface area contributed by atoms with E-state index >= 15 is 0 Å². The van der Waals surface area contributed by atoms with Crippen molar-refractivity contribution in [3.63, 3.8) is 0 Å². The van der Waals surface area contributed by atoms with Crippen molar-refractivity contribution >= 4 is 26.7 Å². The van der Waals surface area contributed by atoms with Crippen molar-refractivity contribution in [2.45, 2.75) is 17.9 Å². The molecule has 27 heavy (non-hydrogen) atoms. The third-order valence-electron chi connectivity index (χ3n) is 4.18. The highest BCUT2D eigenvalue weighted by Crippen LogP contribution is 2.20. The van der Waals surface area contributed by atoms with Gasteiger partial charge in [-0.05, 0) is 47.5 Å². The fourth-order valence-electron chi connectivity index (χ4n) is 2.72. The zero-order valence-corrected chi connectivity index (χ0v) is 15.6. The molecule has 3 rings (SSSR count). The van der Waals surface area contributed by atoms with Crippen LogP contribution in [0.4, 0.5) is 0 Å². The zero-order valence-electron chi connectivity index (χ0n) is 14.8. The minimum Gasteiger partial charge on any atom is -0.484 e. The maximum absolute atomic E-state index is 12.1. The number of ether oxygens (including phenoxy) is 1. The average Bonchev–Trinajstić information content (AvgIpc) is 2.65. The van der Waals surface area contributed by atoms with Gasteiger partial charge in [0.1, 0.15) is 5.75 Å². The number of carbonyl (C=O) groups excluding carboxylic acids is 1. The lowest BCUT2D eigenvalue weighted by Crippen LogP contribution is -2.31. The van der Waals surface area contributed by atoms with E-state index in [1.165, 1.54) is 12.1 Å². The Kier molecular flexibility index (Phi) is 5.43. The number of hydrogen-bond donors (Lipinski definition) is 2. The topological polar surface area (TPSA) is 98.5 Å². The van der Waals surface area contributed by atoms with E-state index in [0.717, 1.165) is 16.3 Å². The molecule has 0 heterocycles. The van der Waals surface area contributed by atoms with E-state index in [2.05, 4.69) is 5.32 Å². The second-order valence-electron chi connectivity index (χ2n) is 6.20. The van der Waals surface area contributed by atoms with Crippen LogP contribution in [0.3, 0.4) is 0 Å². The van der Waals surface area contributed by atoms with E-state index in [0.29, 0.717) is 5.75 Å². The standard InChI is InChI=1S/C20H20N2O4S/c1-14(15-7-10-19(11-8-15)27(21,24)25)22-20(23)13-26-18-9-6-16-4-2-3-5-17(16)12-18/h2-12,14H,13H2,1H3,(H,22,23)(H2,21,24,25). The number of hydrogen-bond acceptors (Lipinski definition) is 4. The molecule has 140 valence electrons. The van der Waals surface area contributed by atoms with Gasteiger partial charge < -0.3 is 10.1 Å². The Bertz CT molecular complexity index is 1060. The van der Waals surface area contributed by atoms with Gasteiger partial charge in [0.25, 0.3) is 5.91 Å². The minimum atomic E-state index is -3.73. The van der Waals surface area contributed by atoms with Gasteiger partial charge in [-0.3, -0.25) is 4.79 Å². The van der Waals surface area contributed by atoms with Gasteiger partial charge in [-0.1, -0.05) is 42.5 Å². The highest BCUT2D eigenvalue weighted by atomic mass is 32.2. The Morgan fingerprint density at radius 3 is 2.37 bits per heavy atom. The summed E-state index contributed by atoms with van der Waals surface area (Å²) in [5.74, 6) is 0.347. The fourth-order valence-corrected chi connectivity index (χ4v) is 3.23. The predicted octanol–water partition coefficient (Wildman–Crippen LogP) is 2.74. The van der Waals surface area contributed by atoms with Gasteiger partial charge in [0.15, 0.2) is 6.61 Å². The Hall–Kier alpha value is -2.90. The van der Waals surface area contributed by atoms with Crippen molar-refractivity contribution in [3.05, 3.63) is 72.3 Å². The van der Waals surface area contributed by atoms with Crippen LogP contribution < -0.4 is 15.2 Å². The lowest BCUT2D eigenvalue weighted by atomic mass is 10.1. The SMILES string of the molecule is CC(NC(=O)COc1ccc2ccccc2c1)c1ccc(S(N)(=O)=O)cc1. The number of amides is 1. The van der Waals surface area contributed by atoms with E-state index in [9.17, 15) is 13.2 Å². The number of rotatable bonds is 6. The highest BCUT2D eigenvalue weighted by molar-refractivity contribution is 7.89. The first-order valence-electron chi connectivity index (χ1n) is 8.37. The first-order valence-corrected chi connectivity index (χ1v) is 9.91. The quantitative estimate of drug-likeness (QED) is 0.683. The highest BCUT2D eigenvalue weighted by Gasteiger charge is 2.12. The number of sulfonamides is 1. The molecule has 3 N–H and O–H groups in total. The third kappa shape index (κ3) is 4.84. The molecule has 1 unspecified atom stereocenters. The molecular weight excluding hydrogens is 364 g/mol. The van der Waals surface area contributed by atoms with Crippen molar-refractivity contribution in [1.29, 1.82) is 0 Å². The molecule has 0 bridgehead atoms. The monoisotopic (exact) mass is 384 g/mol. The summed E-state index contributed by atoms with van der Waals surface area (Å²) in [5.41, 5.74) is 0.765. The second kappa shape index (κ2) is 7.77. The van der Waals surface area contributed by atoms with Crippen LogP contribution in [-0.2, 0) is 14.8 Å². The van der Waals surface area contributed by atoms with Crippen LogP contribution in [0.25, 0.3) is 10.8 Å². The van der Waals surface area contributed by atoms with E-state index in [4.69, 9.17) is 9.88 Å². The van der Waals surface area contributed by atoms with E-state index in [-0.39, 0.29) is 23.5 Å². The normalized spacial score (nSPS) is 12.5. The zero-order chi connectivity index (χ0) is 19.4. The Morgan fingerprint density at radius 1 is 1.04 bits per heavy atom. The lowest BCUT2D eigenvalue weighted by Gasteiger charge is -2.15. The number of benzene rings is 3. The van der Waals surface area contributed by atoms with Gasteiger partial charge in [-0.25, -0.2) is 13.6 Å². The molecule has 0 aliphatic rings. The summed E-state index contributed by atoms with van der Waals surface area (Å²) in [6, 6.07) is 19.3. The molecule has 0 aromatic heterocycles. The molecule has 0 radical (unpaired) electrons. The Morgan fingerprint density at radius 2 is 1.70 bits per heavy atom. The Labute approximate surface area is 158 Å². The fraction of sp³-hybridized carbons (Fsp3) is 0.150. The molecule has 6 nitrogen and oxygen atoms in total. The molecule has 0 saturated heterocycles. The Balaban J connectivity index is 1.58. The van der Waals surface area contributed by atoms with Gasteiger partial charge in [0.05, 0.1) is 10.9 Å². The maximum atomic E-state index is 12.1. The lowest BCUT2D eigenvalue weighted by molar-refractivity contribution is -0.123. The summed E-state index contributed by atoms with van der Waals surface area (Å²) < 4.78 is 28.1. The van der Waals surface area contributed by atoms with E-state index in [1.54, 1.807) is 19.1 Å². The number of primary sulfonamides is 1. The first-order chi connectivity index (χ1) is 12.8. The molecule has 3 aromatic carbocycles. The molecule has 0 fully saturated rings. The largest absolute Gasteiger partial charge is 0.484 e. The molecule has 7 heteroatoms. The van der Waals surface area contributed by atoms with Crippen LogP contribution in [0.15, 0.2) is 71.6 Å². The molecule has 0 saturated carbocycles. The molecular formula is C20H20N2O4S. The molecule has 1 atom stereocenters. The van der Waals surface area contributed by atoms with E-state index < -0.39 is 10.0 Å². The van der Waals surface area contributed by atoms with Crippen LogP contribution in [0.5, 0.6) is 5.75 Å². The van der Waals surface area contributed by atoms with Crippen molar-refractivity contribution < 1.29 is 17.9 Å². The smallest absolute Gasteiger partial charge is 0.258 e. The molecule has 0 aliphatic heterocycles. The molecule has 1 amide bonds. The second-order valence-corrected chi connectivity index (χ2v) is 7.76. The maximum Gasteiger partial charge on any atom is 0.258 e. The minimum absolute atomic E-state index is 0.0319. The van der Waals surface area contributed by atoms with Gasteiger partial charge in [-0.2, -0.15) is 0 Å². The third-order valence-corrected chi connectivity index (χ3v) is 5.11. The summed E-state index contributed by atoms with van der Waals surface area (Å²) in [6.07, 6.45) is 0. The van der Waals surface area contributed by atoms with Crippen molar-refractivity contribution in [2.24, 2.45) is 5.14 Å². The number of nitrogens with one attached hydrogen (secondary N) is 1. The van der Waals surface area contributed by atoms with Crippen molar-refractivity contribution in [3.8, 4) is 5.75 Å². The summed E-state index contributed by atoms with van der Waals surface area (Å²) in [5, 5.41) is 10.0. The van der Waals surface area contributed by atoms with Crippen molar-refractivity contribution in [2.75, 3.05) is 6.61 Å². The van der Waals surface area contributed by atoms with Gasteiger partial charge in [0, 0.05) is 0 Å². The van der Waals surface area contributed by atoms with Crippen molar-refractivity contribution in [1.82, 2.24) is 5.32 Å². The summed E-state index contributed by atoms with van der Waals surface area (Å²) in [7, 11) is -3.73. The summed E-state index contributed by atoms with van der Waals surface area (Å²) >= 11 is 0. The van der Waals surface area contributed by atoms with Gasteiger partial charge >= 0.3 is 0 Å². The predicted molar refractivity (Wildman–Crippen MR) is 104 cm³/mol. The first kappa shape index (κ1) is 18.9. The van der Waals surface area contributed by atoms with Gasteiger partial charge in [0.2, 0.25) is 10.0 Å². The summed E-state index contributed by atoms with van der Waals surface area (Å²) in [6.45, 7) is 1.69. The number of nitrogens with two attached hydrogens (primary N) is 1. The molecule has 3 aromatic rings. The van der Waals surface area contributed by atoms with Crippen LogP contribution >= 0.6 is 0 Å². The molecule has 0 aliphatic carbocycles. The number of fused-ring (bicyclic) bond motifs is 1. The van der Waals surface area contributed by atoms with Crippen LogP contribution in [0.2, 0.25) is 0 Å². The molecule has 0 spiro atoms. The number of carbonyl (C=O) groups is 1. The summed E-state index contributed by atoms with van der Waals surface area (Å²) in [4.78, 5) is 12.2. The average molecular weight is 384 g/mol. The van der Waals surface area contributed by atoms with Crippen LogP contribution in [0.1, 0.15) is 18.5 Å².